The molecule has 0 aliphatic heterocycles. The first-order chi connectivity index (χ1) is 8.04. The van der Waals surface area contributed by atoms with Crippen molar-refractivity contribution in [1.29, 1.82) is 0 Å². The van der Waals surface area contributed by atoms with Crippen LogP contribution in [0.4, 0.5) is 0 Å². The first-order valence-corrected chi connectivity index (χ1v) is 6.03. The van der Waals surface area contributed by atoms with Crippen LogP contribution in [0.2, 0.25) is 5.02 Å². The third-order valence-electron chi connectivity index (χ3n) is 3.19. The van der Waals surface area contributed by atoms with E-state index in [0.29, 0.717) is 6.54 Å². The van der Waals surface area contributed by atoms with Gasteiger partial charge in [-0.1, -0.05) is 11.6 Å². The molecule has 17 heavy (non-hydrogen) atoms. The van der Waals surface area contributed by atoms with Crippen LogP contribution in [-0.4, -0.2) is 30.1 Å². The topological polar surface area (TPSA) is 34.2 Å². The van der Waals surface area contributed by atoms with Crippen molar-refractivity contribution in [2.24, 2.45) is 12.8 Å². The zero-order valence-electron chi connectivity index (χ0n) is 10.4. The second kappa shape index (κ2) is 4.69. The van der Waals surface area contributed by atoms with Gasteiger partial charge in [0.15, 0.2) is 0 Å². The highest BCUT2D eigenvalue weighted by Crippen LogP contribution is 2.30. The molecular formula is C13H18ClN3. The Morgan fingerprint density at radius 3 is 2.71 bits per heavy atom. The first kappa shape index (κ1) is 12.4. The molecule has 0 saturated heterocycles. The zero-order valence-corrected chi connectivity index (χ0v) is 11.2. The monoisotopic (exact) mass is 251 g/mol. The molecule has 1 unspecified atom stereocenters. The molecule has 1 aromatic heterocycles. The number of halogens is 1. The van der Waals surface area contributed by atoms with E-state index in [-0.39, 0.29) is 6.04 Å². The molecule has 0 aliphatic carbocycles. The van der Waals surface area contributed by atoms with Gasteiger partial charge in [-0.25, -0.2) is 0 Å². The number of aryl methyl sites for hydroxylation is 1. The van der Waals surface area contributed by atoms with Gasteiger partial charge in [-0.2, -0.15) is 0 Å². The summed E-state index contributed by atoms with van der Waals surface area (Å²) in [6, 6.07) is 6.20. The molecule has 0 radical (unpaired) electrons. The van der Waals surface area contributed by atoms with E-state index in [4.69, 9.17) is 17.3 Å². The number of nitrogens with zero attached hydrogens (tertiary/aromatic N) is 2. The fraction of sp³-hybridized carbons (Fsp3) is 0.385. The smallest absolute Gasteiger partial charge is 0.0485 e. The molecule has 92 valence electrons. The maximum absolute atomic E-state index is 6.07. The van der Waals surface area contributed by atoms with Gasteiger partial charge in [0.1, 0.15) is 0 Å². The Hall–Kier alpha value is -1.03. The number of rotatable bonds is 3. The second-order valence-electron chi connectivity index (χ2n) is 4.57. The third kappa shape index (κ3) is 2.18. The first-order valence-electron chi connectivity index (χ1n) is 5.65. The van der Waals surface area contributed by atoms with Crippen molar-refractivity contribution >= 4 is 22.5 Å². The summed E-state index contributed by atoms with van der Waals surface area (Å²) in [7, 11) is 6.13. The van der Waals surface area contributed by atoms with Gasteiger partial charge in [0, 0.05) is 41.8 Å². The van der Waals surface area contributed by atoms with E-state index in [0.717, 1.165) is 5.02 Å². The highest BCUT2D eigenvalue weighted by Gasteiger charge is 2.17. The maximum atomic E-state index is 6.07. The van der Waals surface area contributed by atoms with E-state index in [1.807, 2.05) is 39.3 Å². The van der Waals surface area contributed by atoms with Gasteiger partial charge in [-0.3, -0.25) is 0 Å². The van der Waals surface area contributed by atoms with Crippen molar-refractivity contribution in [2.45, 2.75) is 6.04 Å². The molecule has 1 aromatic carbocycles. The summed E-state index contributed by atoms with van der Waals surface area (Å²) in [4.78, 5) is 2.13. The summed E-state index contributed by atoms with van der Waals surface area (Å²) < 4.78 is 2.12. The van der Waals surface area contributed by atoms with Crippen LogP contribution >= 0.6 is 11.6 Å². The summed E-state index contributed by atoms with van der Waals surface area (Å²) in [6.45, 7) is 0.596. The van der Waals surface area contributed by atoms with E-state index in [2.05, 4.69) is 15.7 Å². The molecule has 1 heterocycles. The second-order valence-corrected chi connectivity index (χ2v) is 5.01. The fourth-order valence-electron chi connectivity index (χ4n) is 2.28. The van der Waals surface area contributed by atoms with Gasteiger partial charge in [-0.05, 0) is 37.9 Å². The van der Waals surface area contributed by atoms with E-state index >= 15 is 0 Å². The Balaban J connectivity index is 2.64. The Morgan fingerprint density at radius 1 is 1.41 bits per heavy atom. The summed E-state index contributed by atoms with van der Waals surface area (Å²) in [5.74, 6) is 0. The molecule has 2 N–H and O–H groups in total. The number of likely N-dealkylation sites (N-methyl/N-ethyl adjacent to an activating group) is 1. The van der Waals surface area contributed by atoms with Crippen molar-refractivity contribution < 1.29 is 0 Å². The quantitative estimate of drug-likeness (QED) is 0.909. The average Bonchev–Trinajstić information content (AvgIpc) is 2.56. The molecule has 0 aliphatic rings. The number of nitrogens with two attached hydrogens (primary N) is 1. The van der Waals surface area contributed by atoms with Gasteiger partial charge in [-0.15, -0.1) is 0 Å². The predicted molar refractivity (Wildman–Crippen MR) is 73.4 cm³/mol. The van der Waals surface area contributed by atoms with Crippen LogP contribution in [0.25, 0.3) is 10.9 Å². The van der Waals surface area contributed by atoms with Crippen LogP contribution in [0.3, 0.4) is 0 Å². The third-order valence-corrected chi connectivity index (χ3v) is 3.42. The SMILES string of the molecule is CN(C)C(CN)c1cn(C)c2ccc(Cl)cc12. The number of fused-ring (bicyclic) bond motifs is 1. The molecule has 0 spiro atoms. The zero-order chi connectivity index (χ0) is 12.6. The lowest BCUT2D eigenvalue weighted by Crippen LogP contribution is -2.26. The van der Waals surface area contributed by atoms with Crippen molar-refractivity contribution in [2.75, 3.05) is 20.6 Å². The fourth-order valence-corrected chi connectivity index (χ4v) is 2.45. The molecule has 4 heteroatoms. The highest BCUT2D eigenvalue weighted by atomic mass is 35.5. The standard InChI is InChI=1S/C13H18ClN3/c1-16(2)13(7-15)11-8-17(3)12-5-4-9(14)6-10(11)12/h4-6,8,13H,7,15H2,1-3H3. The average molecular weight is 252 g/mol. The predicted octanol–water partition coefficient (Wildman–Crippen LogP) is 2.39. The van der Waals surface area contributed by atoms with E-state index < -0.39 is 0 Å². The van der Waals surface area contributed by atoms with Crippen molar-refractivity contribution in [3.8, 4) is 0 Å². The normalized spacial score (nSPS) is 13.5. The highest BCUT2D eigenvalue weighted by molar-refractivity contribution is 6.31. The van der Waals surface area contributed by atoms with Crippen molar-refractivity contribution in [1.82, 2.24) is 9.47 Å². The van der Waals surface area contributed by atoms with Crippen LogP contribution < -0.4 is 5.73 Å². The Bertz CT molecular complexity index is 531. The minimum absolute atomic E-state index is 0.220. The number of hydrogen-bond donors (Lipinski definition) is 1. The molecule has 0 saturated carbocycles. The van der Waals surface area contributed by atoms with Gasteiger partial charge in [0.25, 0.3) is 0 Å². The van der Waals surface area contributed by atoms with Gasteiger partial charge in [0.2, 0.25) is 0 Å². The van der Waals surface area contributed by atoms with Gasteiger partial charge < -0.3 is 15.2 Å². The van der Waals surface area contributed by atoms with E-state index in [1.165, 1.54) is 16.5 Å². The molecule has 0 bridgehead atoms. The molecule has 2 rings (SSSR count). The number of aromatic nitrogens is 1. The van der Waals surface area contributed by atoms with Crippen molar-refractivity contribution in [3.05, 3.63) is 35.0 Å². The summed E-state index contributed by atoms with van der Waals surface area (Å²) in [6.07, 6.45) is 2.14. The van der Waals surface area contributed by atoms with Crippen LogP contribution in [0.1, 0.15) is 11.6 Å². The molecule has 0 amide bonds. The molecule has 0 fully saturated rings. The van der Waals surface area contributed by atoms with Crippen LogP contribution in [0.15, 0.2) is 24.4 Å². The van der Waals surface area contributed by atoms with Crippen LogP contribution in [-0.2, 0) is 7.05 Å². The van der Waals surface area contributed by atoms with Gasteiger partial charge in [0.05, 0.1) is 0 Å². The lowest BCUT2D eigenvalue weighted by atomic mass is 10.1. The largest absolute Gasteiger partial charge is 0.350 e. The Kier molecular flexibility index (Phi) is 3.43. The minimum Gasteiger partial charge on any atom is -0.350 e. The van der Waals surface area contributed by atoms with Crippen molar-refractivity contribution in [3.63, 3.8) is 0 Å². The lowest BCUT2D eigenvalue weighted by molar-refractivity contribution is 0.307. The Morgan fingerprint density at radius 2 is 2.12 bits per heavy atom. The Labute approximate surface area is 107 Å². The van der Waals surface area contributed by atoms with Crippen LogP contribution in [0, 0.1) is 0 Å². The number of benzene rings is 1. The van der Waals surface area contributed by atoms with E-state index in [9.17, 15) is 0 Å². The van der Waals surface area contributed by atoms with Gasteiger partial charge >= 0.3 is 0 Å². The summed E-state index contributed by atoms with van der Waals surface area (Å²) >= 11 is 6.07. The maximum Gasteiger partial charge on any atom is 0.0485 e. The molecular weight excluding hydrogens is 234 g/mol. The number of hydrogen-bond acceptors (Lipinski definition) is 2. The van der Waals surface area contributed by atoms with E-state index in [1.54, 1.807) is 0 Å². The molecule has 1 atom stereocenters. The summed E-state index contributed by atoms with van der Waals surface area (Å²) in [5.41, 5.74) is 8.28. The molecule has 3 nitrogen and oxygen atoms in total. The van der Waals surface area contributed by atoms with Crippen LogP contribution in [0.5, 0.6) is 0 Å². The summed E-state index contributed by atoms with van der Waals surface area (Å²) in [5, 5.41) is 1.95. The lowest BCUT2D eigenvalue weighted by Gasteiger charge is -2.22. The molecule has 2 aromatic rings. The minimum atomic E-state index is 0.220.